The molecule has 3 nitrogen and oxygen atoms in total. The molecule has 0 saturated heterocycles. The Morgan fingerprint density at radius 1 is 1.00 bits per heavy atom. The van der Waals surface area contributed by atoms with Gasteiger partial charge in [-0.1, -0.05) is 0 Å². The average Bonchev–Trinajstić information content (AvgIpc) is 2.35. The Bertz CT molecular complexity index is 688. The van der Waals surface area contributed by atoms with Crippen molar-refractivity contribution in [1.82, 2.24) is 0 Å². The van der Waals surface area contributed by atoms with E-state index in [4.69, 9.17) is 5.11 Å². The largest absolute Gasteiger partial charge is 0.508 e. The summed E-state index contributed by atoms with van der Waals surface area (Å²) in [4.78, 5) is 11.7. The van der Waals surface area contributed by atoms with E-state index in [1.807, 2.05) is 5.32 Å². The van der Waals surface area contributed by atoms with Crippen LogP contribution in [0.4, 0.5) is 23.2 Å². The Balaban J connectivity index is 2.32. The first-order valence-corrected chi connectivity index (χ1v) is 5.33. The number of nitrogens with one attached hydrogen (secondary N) is 1. The lowest BCUT2D eigenvalue weighted by atomic mass is 10.2. The van der Waals surface area contributed by atoms with E-state index in [1.54, 1.807) is 0 Å². The van der Waals surface area contributed by atoms with Crippen LogP contribution in [0, 0.1) is 23.3 Å². The fourth-order valence-corrected chi connectivity index (χ4v) is 1.52. The highest BCUT2D eigenvalue weighted by Gasteiger charge is 2.17. The van der Waals surface area contributed by atoms with Gasteiger partial charge in [0.05, 0.1) is 11.3 Å². The molecule has 2 rings (SSSR count). The molecule has 104 valence electrons. The summed E-state index contributed by atoms with van der Waals surface area (Å²) in [6.45, 7) is 0. The number of halogens is 4. The van der Waals surface area contributed by atoms with Gasteiger partial charge >= 0.3 is 0 Å². The molecule has 0 saturated carbocycles. The molecule has 0 bridgehead atoms. The summed E-state index contributed by atoms with van der Waals surface area (Å²) >= 11 is 0. The molecule has 0 atom stereocenters. The summed E-state index contributed by atoms with van der Waals surface area (Å²) < 4.78 is 52.6. The fraction of sp³-hybridized carbons (Fsp3) is 0. The molecule has 1 amide bonds. The number of phenols is 1. The zero-order valence-electron chi connectivity index (χ0n) is 9.75. The SMILES string of the molecule is O=C(Nc1cc(F)cc(F)c1F)c1ccc(O)cc1F. The van der Waals surface area contributed by atoms with Crippen molar-refractivity contribution >= 4 is 11.6 Å². The number of phenolic OH excluding ortho intramolecular Hbond substituents is 1. The topological polar surface area (TPSA) is 49.3 Å². The third-order valence-corrected chi connectivity index (χ3v) is 2.44. The number of carbonyl (C=O) groups excluding carboxylic acids is 1. The Morgan fingerprint density at radius 3 is 2.35 bits per heavy atom. The van der Waals surface area contributed by atoms with Crippen molar-refractivity contribution in [3.63, 3.8) is 0 Å². The minimum Gasteiger partial charge on any atom is -0.508 e. The van der Waals surface area contributed by atoms with E-state index in [9.17, 15) is 22.4 Å². The third-order valence-electron chi connectivity index (χ3n) is 2.44. The maximum Gasteiger partial charge on any atom is 0.258 e. The summed E-state index contributed by atoms with van der Waals surface area (Å²) in [6, 6.07) is 3.55. The normalized spacial score (nSPS) is 10.4. The molecule has 0 spiro atoms. The summed E-state index contributed by atoms with van der Waals surface area (Å²) in [5, 5.41) is 10.8. The van der Waals surface area contributed by atoms with Crippen molar-refractivity contribution in [1.29, 1.82) is 0 Å². The molecule has 7 heteroatoms. The monoisotopic (exact) mass is 285 g/mol. The van der Waals surface area contributed by atoms with Gasteiger partial charge in [0.15, 0.2) is 11.6 Å². The maximum atomic E-state index is 13.4. The number of aromatic hydroxyl groups is 1. The summed E-state index contributed by atoms with van der Waals surface area (Å²) in [5.74, 6) is -6.59. The molecule has 0 unspecified atom stereocenters. The number of carbonyl (C=O) groups is 1. The quantitative estimate of drug-likeness (QED) is 0.657. The first-order chi connectivity index (χ1) is 9.38. The van der Waals surface area contributed by atoms with Crippen LogP contribution < -0.4 is 5.32 Å². The van der Waals surface area contributed by atoms with Gasteiger partial charge in [-0.3, -0.25) is 4.79 Å². The van der Waals surface area contributed by atoms with Gasteiger partial charge in [0.1, 0.15) is 17.4 Å². The highest BCUT2D eigenvalue weighted by Crippen LogP contribution is 2.21. The van der Waals surface area contributed by atoms with Crippen molar-refractivity contribution in [2.75, 3.05) is 5.32 Å². The third kappa shape index (κ3) is 2.71. The van der Waals surface area contributed by atoms with Gasteiger partial charge in [-0.2, -0.15) is 0 Å². The van der Waals surface area contributed by atoms with E-state index < -0.39 is 46.2 Å². The second-order valence-electron chi connectivity index (χ2n) is 3.87. The highest BCUT2D eigenvalue weighted by molar-refractivity contribution is 6.04. The summed E-state index contributed by atoms with van der Waals surface area (Å²) in [6.07, 6.45) is 0. The molecule has 0 aliphatic carbocycles. The second kappa shape index (κ2) is 5.20. The van der Waals surface area contributed by atoms with Crippen LogP contribution in [0.3, 0.4) is 0 Å². The molecule has 0 fully saturated rings. The van der Waals surface area contributed by atoms with Gasteiger partial charge in [-0.05, 0) is 12.1 Å². The average molecular weight is 285 g/mol. The number of rotatable bonds is 2. The molecule has 0 radical (unpaired) electrons. The molecule has 0 aliphatic rings. The lowest BCUT2D eigenvalue weighted by molar-refractivity contribution is 0.102. The van der Waals surface area contributed by atoms with Gasteiger partial charge in [-0.15, -0.1) is 0 Å². The number of anilines is 1. The molecule has 0 aliphatic heterocycles. The van der Waals surface area contributed by atoms with Crippen LogP contribution >= 0.6 is 0 Å². The van der Waals surface area contributed by atoms with Gasteiger partial charge in [0, 0.05) is 18.2 Å². The van der Waals surface area contributed by atoms with Crippen molar-refractivity contribution < 1.29 is 27.5 Å². The molecular formula is C13H7F4NO2. The van der Waals surface area contributed by atoms with E-state index in [1.165, 1.54) is 0 Å². The van der Waals surface area contributed by atoms with E-state index in [-0.39, 0.29) is 0 Å². The van der Waals surface area contributed by atoms with E-state index in [2.05, 4.69) is 0 Å². The van der Waals surface area contributed by atoms with E-state index >= 15 is 0 Å². The molecule has 2 aromatic rings. The Kier molecular flexibility index (Phi) is 3.60. The van der Waals surface area contributed by atoms with Crippen LogP contribution in [0.25, 0.3) is 0 Å². The fourth-order valence-electron chi connectivity index (χ4n) is 1.52. The number of hydrogen-bond donors (Lipinski definition) is 2. The standard InChI is InChI=1S/C13H7F4NO2/c14-6-3-10(16)12(17)11(4-6)18-13(20)8-2-1-7(19)5-9(8)15/h1-5,19H,(H,18,20). The van der Waals surface area contributed by atoms with E-state index in [0.29, 0.717) is 18.2 Å². The predicted octanol–water partition coefficient (Wildman–Crippen LogP) is 3.20. The second-order valence-corrected chi connectivity index (χ2v) is 3.87. The van der Waals surface area contributed by atoms with Crippen molar-refractivity contribution in [2.45, 2.75) is 0 Å². The minimum atomic E-state index is -1.48. The van der Waals surface area contributed by atoms with Crippen molar-refractivity contribution in [3.8, 4) is 5.75 Å². The van der Waals surface area contributed by atoms with Crippen molar-refractivity contribution in [2.24, 2.45) is 0 Å². The highest BCUT2D eigenvalue weighted by atomic mass is 19.2. The van der Waals surface area contributed by atoms with Crippen LogP contribution in [-0.4, -0.2) is 11.0 Å². The lowest BCUT2D eigenvalue weighted by Gasteiger charge is -2.08. The maximum absolute atomic E-state index is 13.4. The van der Waals surface area contributed by atoms with Gasteiger partial charge in [-0.25, -0.2) is 17.6 Å². The molecule has 20 heavy (non-hydrogen) atoms. The van der Waals surface area contributed by atoms with Gasteiger partial charge in [0.25, 0.3) is 5.91 Å². The van der Waals surface area contributed by atoms with Crippen LogP contribution in [0.2, 0.25) is 0 Å². The van der Waals surface area contributed by atoms with Crippen LogP contribution in [0.1, 0.15) is 10.4 Å². The smallest absolute Gasteiger partial charge is 0.258 e. The first-order valence-electron chi connectivity index (χ1n) is 5.33. The van der Waals surface area contributed by atoms with Crippen LogP contribution in [0.5, 0.6) is 5.75 Å². The summed E-state index contributed by atoms with van der Waals surface area (Å²) in [7, 11) is 0. The van der Waals surface area contributed by atoms with Crippen LogP contribution in [-0.2, 0) is 0 Å². The molecule has 0 aromatic heterocycles. The zero-order chi connectivity index (χ0) is 14.9. The number of hydrogen-bond acceptors (Lipinski definition) is 2. The van der Waals surface area contributed by atoms with Crippen LogP contribution in [0.15, 0.2) is 30.3 Å². The van der Waals surface area contributed by atoms with Crippen molar-refractivity contribution in [3.05, 3.63) is 59.2 Å². The Labute approximate surface area is 110 Å². The Hall–Kier alpha value is -2.57. The predicted molar refractivity (Wildman–Crippen MR) is 62.3 cm³/mol. The first kappa shape index (κ1) is 13.9. The molecule has 2 N–H and O–H groups in total. The molecule has 2 aromatic carbocycles. The van der Waals surface area contributed by atoms with E-state index in [0.717, 1.165) is 12.1 Å². The van der Waals surface area contributed by atoms with Gasteiger partial charge in [0.2, 0.25) is 0 Å². The number of amides is 1. The zero-order valence-corrected chi connectivity index (χ0v) is 9.75. The lowest BCUT2D eigenvalue weighted by Crippen LogP contribution is -2.15. The van der Waals surface area contributed by atoms with Gasteiger partial charge < -0.3 is 10.4 Å². The number of benzene rings is 2. The Morgan fingerprint density at radius 2 is 1.70 bits per heavy atom. The molecular weight excluding hydrogens is 278 g/mol. The summed E-state index contributed by atoms with van der Waals surface area (Å²) in [5.41, 5.74) is -1.26. The minimum absolute atomic E-state index is 0.312. The molecule has 0 heterocycles.